The molecule has 0 aliphatic carbocycles. The van der Waals surface area contributed by atoms with E-state index in [2.05, 4.69) is 18.2 Å². The van der Waals surface area contributed by atoms with Crippen LogP contribution in [-0.4, -0.2) is 68.8 Å². The van der Waals surface area contributed by atoms with Crippen LogP contribution in [0, 0.1) is 0 Å². The second-order valence-corrected chi connectivity index (χ2v) is 9.89. The Morgan fingerprint density at radius 2 is 2.06 bits per heavy atom. The van der Waals surface area contributed by atoms with Gasteiger partial charge < -0.3 is 9.26 Å². The van der Waals surface area contributed by atoms with Gasteiger partial charge in [0.2, 0.25) is 5.90 Å². The summed E-state index contributed by atoms with van der Waals surface area (Å²) in [6.45, 7) is 11.4. The molecule has 0 spiro atoms. The van der Waals surface area contributed by atoms with Crippen LogP contribution in [0.4, 0.5) is 0 Å². The third kappa shape index (κ3) is 8.47. The van der Waals surface area contributed by atoms with Gasteiger partial charge in [-0.1, -0.05) is 6.58 Å². The van der Waals surface area contributed by atoms with Gasteiger partial charge in [-0.2, -0.15) is 0 Å². The topological polar surface area (TPSA) is 75.6 Å². The van der Waals surface area contributed by atoms with Gasteiger partial charge in [-0.3, -0.25) is 0 Å². The summed E-state index contributed by atoms with van der Waals surface area (Å²) in [5.74, 6) is 2.47. The van der Waals surface area contributed by atoms with Crippen LogP contribution >= 0.6 is 15.7 Å². The SMILES string of the molecule is C=CPOCC1=NC([C@H]2CC(=O)C[C@@H](C[C@H]3CC(=C)C[C@H](CCOB=[P+]=S)O3)O2)CO1. The molecule has 3 aliphatic heterocycles. The third-order valence-electron chi connectivity index (χ3n) is 5.39. The smallest absolute Gasteiger partial charge is 0.477 e. The van der Waals surface area contributed by atoms with Crippen molar-refractivity contribution < 1.29 is 28.2 Å². The number of hydrogen-bond acceptors (Lipinski definition) is 8. The van der Waals surface area contributed by atoms with Crippen LogP contribution < -0.4 is 0 Å². The average molecular weight is 484 g/mol. The molecule has 0 saturated carbocycles. The van der Waals surface area contributed by atoms with E-state index in [1.54, 1.807) is 12.6 Å². The van der Waals surface area contributed by atoms with Crippen molar-refractivity contribution >= 4 is 46.0 Å². The van der Waals surface area contributed by atoms with Crippen LogP contribution in [0.5, 0.6) is 0 Å². The standard InChI is InChI=1S/C20H29BNO6P2S/c1-3-29-26-12-20-22-18(11-24-20)19-9-14(23)8-17(28-19)10-16-7-13(2)6-15(27-16)4-5-25-21-30-31/h3,15-19,29H,1-2,4-12H2/q+1/t15-,16+,17-,18?,19+/m0/s1. The molecule has 7 nitrogen and oxygen atoms in total. The first kappa shape index (κ1) is 25.2. The Labute approximate surface area is 192 Å². The fraction of sp³-hybridized carbons (Fsp3) is 0.700. The van der Waals surface area contributed by atoms with Gasteiger partial charge in [0.05, 0.1) is 0 Å². The zero-order chi connectivity index (χ0) is 22.1. The van der Waals surface area contributed by atoms with Crippen molar-refractivity contribution in [1.82, 2.24) is 0 Å². The third-order valence-corrected chi connectivity index (χ3v) is 6.36. The summed E-state index contributed by atoms with van der Waals surface area (Å²) >= 11 is 4.82. The van der Waals surface area contributed by atoms with Crippen LogP contribution in [0.25, 0.3) is 0 Å². The van der Waals surface area contributed by atoms with Crippen molar-refractivity contribution in [3.05, 3.63) is 24.5 Å². The second kappa shape index (κ2) is 13.3. The minimum absolute atomic E-state index is 0.00366. The summed E-state index contributed by atoms with van der Waals surface area (Å²) < 4.78 is 28.9. The van der Waals surface area contributed by atoms with Crippen LogP contribution in [0.15, 0.2) is 29.5 Å². The van der Waals surface area contributed by atoms with Crippen LogP contribution in [0.1, 0.15) is 38.5 Å². The van der Waals surface area contributed by atoms with Gasteiger partial charge in [-0.05, 0) is 5.82 Å². The van der Waals surface area contributed by atoms with Crippen LogP contribution in [0.3, 0.4) is 0 Å². The fourth-order valence-electron chi connectivity index (χ4n) is 4.12. The molecule has 2 unspecified atom stereocenters. The number of carbonyl (C=O) groups is 1. The summed E-state index contributed by atoms with van der Waals surface area (Å²) in [5, 5.41) is 0. The van der Waals surface area contributed by atoms with E-state index in [1.807, 2.05) is 0 Å². The molecule has 0 aromatic rings. The van der Waals surface area contributed by atoms with Gasteiger partial charge >= 0.3 is 150 Å². The van der Waals surface area contributed by atoms with Crippen molar-refractivity contribution in [2.45, 2.75) is 69.0 Å². The summed E-state index contributed by atoms with van der Waals surface area (Å²) in [6.07, 6.45) is 3.49. The van der Waals surface area contributed by atoms with Crippen molar-refractivity contribution in [2.75, 3.05) is 19.8 Å². The molecule has 0 radical (unpaired) electrons. The predicted molar refractivity (Wildman–Crippen MR) is 127 cm³/mol. The summed E-state index contributed by atoms with van der Waals surface area (Å²) in [7, 11) is 0.211. The molecule has 0 aromatic carbocycles. The number of hydrogen-bond donors (Lipinski definition) is 0. The number of nitrogens with zero attached hydrogens (tertiary/aromatic N) is 1. The first-order valence-electron chi connectivity index (χ1n) is 10.5. The van der Waals surface area contributed by atoms with Crippen molar-refractivity contribution in [3.63, 3.8) is 0 Å². The molecular weight excluding hydrogens is 455 g/mol. The molecule has 0 aromatic heterocycles. The Balaban J connectivity index is 1.50. The van der Waals surface area contributed by atoms with Gasteiger partial charge in [0.15, 0.2) is 0 Å². The van der Waals surface area contributed by atoms with Crippen LogP contribution in [-0.2, 0) is 40.0 Å². The van der Waals surface area contributed by atoms with Gasteiger partial charge in [-0.25, -0.2) is 0 Å². The minimum atomic E-state index is -0.269. The molecule has 3 rings (SSSR count). The summed E-state index contributed by atoms with van der Waals surface area (Å²) in [6, 6.07) is -0.176. The maximum atomic E-state index is 12.4. The summed E-state index contributed by atoms with van der Waals surface area (Å²) in [4.78, 5) is 17.0. The normalized spacial score (nSPS) is 31.4. The van der Waals surface area contributed by atoms with E-state index < -0.39 is 0 Å². The summed E-state index contributed by atoms with van der Waals surface area (Å²) in [5.41, 5.74) is 1.17. The van der Waals surface area contributed by atoms with Crippen molar-refractivity contribution in [1.29, 1.82) is 0 Å². The Bertz CT molecular complexity index is 747. The zero-order valence-electron chi connectivity index (χ0n) is 17.6. The number of aliphatic imine (C=N–C) groups is 1. The van der Waals surface area contributed by atoms with Crippen molar-refractivity contribution in [2.24, 2.45) is 4.99 Å². The van der Waals surface area contributed by atoms with E-state index in [-0.39, 0.29) is 45.0 Å². The molecule has 6 atom stereocenters. The van der Waals surface area contributed by atoms with Crippen LogP contribution in [0.2, 0.25) is 0 Å². The quantitative estimate of drug-likeness (QED) is 0.192. The van der Waals surface area contributed by atoms with E-state index in [1.165, 1.54) is 5.57 Å². The average Bonchev–Trinajstić information content (AvgIpc) is 3.20. The minimum Gasteiger partial charge on any atom is -0.477 e. The molecule has 11 heteroatoms. The molecule has 3 aliphatic rings. The Hall–Kier alpha value is -0.395. The predicted octanol–water partition coefficient (Wildman–Crippen LogP) is 3.50. The first-order chi connectivity index (χ1) is 15.1. The molecule has 0 bridgehead atoms. The van der Waals surface area contributed by atoms with E-state index in [0.29, 0.717) is 51.8 Å². The Kier molecular flexibility index (Phi) is 10.9. The number of carbonyl (C=O) groups excluding carboxylic acids is 1. The molecule has 0 amide bonds. The van der Waals surface area contributed by atoms with Gasteiger partial charge in [0.1, 0.15) is 6.61 Å². The zero-order valence-corrected chi connectivity index (χ0v) is 20.3. The Morgan fingerprint density at radius 3 is 2.87 bits per heavy atom. The Morgan fingerprint density at radius 1 is 1.26 bits per heavy atom. The molecule has 3 heterocycles. The van der Waals surface area contributed by atoms with Gasteiger partial charge in [-0.15, -0.1) is 0 Å². The molecular formula is C20H29BNO6P2S+. The van der Waals surface area contributed by atoms with E-state index in [9.17, 15) is 4.79 Å². The monoisotopic (exact) mass is 484 g/mol. The second-order valence-electron chi connectivity index (χ2n) is 7.90. The number of ether oxygens (including phenoxy) is 3. The van der Waals surface area contributed by atoms with E-state index in [4.69, 9.17) is 35.2 Å². The molecule has 2 saturated heterocycles. The molecule has 168 valence electrons. The maximum absolute atomic E-state index is 12.4. The molecule has 31 heavy (non-hydrogen) atoms. The fourth-order valence-corrected chi connectivity index (χ4v) is 4.80. The number of rotatable bonds is 11. The number of Topliss-reactive ketones (excluding diaryl/α,β-unsaturated/α-hetero) is 1. The van der Waals surface area contributed by atoms with Gasteiger partial charge in [0.25, 0.3) is 0 Å². The van der Waals surface area contributed by atoms with Crippen molar-refractivity contribution in [3.8, 4) is 0 Å². The first-order valence-corrected chi connectivity index (χ1v) is 13.5. The van der Waals surface area contributed by atoms with E-state index in [0.717, 1.165) is 19.3 Å². The van der Waals surface area contributed by atoms with E-state index >= 15 is 0 Å². The molecule has 0 N–H and O–H groups in total. The molecule has 2 fully saturated rings. The number of ketones is 1. The van der Waals surface area contributed by atoms with Gasteiger partial charge in [0, 0.05) is 8.81 Å².